The molecule has 0 fully saturated rings. The maximum absolute atomic E-state index is 12.7. The van der Waals surface area contributed by atoms with Crippen LogP contribution in [0.5, 0.6) is 0 Å². The Kier molecular flexibility index (Phi) is 6.53. The first kappa shape index (κ1) is 18.2. The Hall–Kier alpha value is -2.16. The number of nitrogens with one attached hydrogen (secondary N) is 1. The number of allylic oxidation sites excluding steroid dienone is 3. The van der Waals surface area contributed by atoms with Crippen LogP contribution in [0.15, 0.2) is 55.3 Å². The van der Waals surface area contributed by atoms with Gasteiger partial charge in [0.15, 0.2) is 0 Å². The predicted molar refractivity (Wildman–Crippen MR) is 100 cm³/mol. The van der Waals surface area contributed by atoms with Crippen molar-refractivity contribution in [3.63, 3.8) is 0 Å². The van der Waals surface area contributed by atoms with E-state index < -0.39 is 0 Å². The molecule has 0 aliphatic heterocycles. The molecule has 2 atom stereocenters. The van der Waals surface area contributed by atoms with E-state index in [-0.39, 0.29) is 17.4 Å². The fourth-order valence-corrected chi connectivity index (χ4v) is 3.01. The van der Waals surface area contributed by atoms with Crippen LogP contribution < -0.4 is 5.32 Å². The highest BCUT2D eigenvalue weighted by molar-refractivity contribution is 5.81. The van der Waals surface area contributed by atoms with Crippen LogP contribution in [-0.4, -0.2) is 16.4 Å². The number of amides is 1. The number of carbonyl (C=O) groups is 1. The van der Waals surface area contributed by atoms with Crippen molar-refractivity contribution in [1.29, 1.82) is 0 Å². The summed E-state index contributed by atoms with van der Waals surface area (Å²) < 4.78 is 0. The fraction of sp³-hybridized carbons (Fsp3) is 0.429. The van der Waals surface area contributed by atoms with E-state index in [4.69, 9.17) is 0 Å². The Labute approximate surface area is 145 Å². The van der Waals surface area contributed by atoms with Crippen LogP contribution in [0, 0.1) is 5.92 Å². The molecule has 0 saturated carbocycles. The minimum Gasteiger partial charge on any atom is -0.347 e. The van der Waals surface area contributed by atoms with Crippen molar-refractivity contribution in [2.24, 2.45) is 5.92 Å². The number of pyridine rings is 1. The molecule has 1 aliphatic rings. The van der Waals surface area contributed by atoms with Crippen LogP contribution in [-0.2, 0) is 4.79 Å². The van der Waals surface area contributed by atoms with Crippen molar-refractivity contribution < 1.29 is 4.79 Å². The van der Waals surface area contributed by atoms with Crippen LogP contribution in [0.25, 0.3) is 5.57 Å². The molecule has 3 heteroatoms. The largest absolute Gasteiger partial charge is 0.347 e. The van der Waals surface area contributed by atoms with Gasteiger partial charge in [-0.1, -0.05) is 43.7 Å². The molecule has 128 valence electrons. The summed E-state index contributed by atoms with van der Waals surface area (Å²) in [5.74, 6) is 0.222. The second-order valence-corrected chi connectivity index (χ2v) is 6.67. The van der Waals surface area contributed by atoms with Crippen molar-refractivity contribution in [3.8, 4) is 0 Å². The highest BCUT2D eigenvalue weighted by atomic mass is 16.2. The Bertz CT molecular complexity index is 618. The maximum Gasteiger partial charge on any atom is 0.223 e. The molecule has 0 radical (unpaired) electrons. The Morgan fingerprint density at radius 2 is 2.29 bits per heavy atom. The molecular weight excluding hydrogens is 296 g/mol. The van der Waals surface area contributed by atoms with Gasteiger partial charge in [-0.15, -0.1) is 6.58 Å². The van der Waals surface area contributed by atoms with Crippen LogP contribution in [0.3, 0.4) is 0 Å². The van der Waals surface area contributed by atoms with Gasteiger partial charge in [0.1, 0.15) is 0 Å². The molecule has 0 saturated heterocycles. The molecule has 0 aromatic carbocycles. The number of hydrogen-bond acceptors (Lipinski definition) is 2. The third kappa shape index (κ3) is 4.92. The first-order chi connectivity index (χ1) is 11.6. The summed E-state index contributed by atoms with van der Waals surface area (Å²) in [6, 6.07) is 5.91. The summed E-state index contributed by atoms with van der Waals surface area (Å²) in [6.07, 6.45) is 14.5. The maximum atomic E-state index is 12.7. The number of hydrogen-bond donors (Lipinski definition) is 1. The zero-order valence-corrected chi connectivity index (χ0v) is 14.8. The average molecular weight is 324 g/mol. The van der Waals surface area contributed by atoms with E-state index in [0.717, 1.165) is 43.4 Å². The van der Waals surface area contributed by atoms with Crippen LogP contribution in [0.4, 0.5) is 0 Å². The Balaban J connectivity index is 2.00. The third-order valence-electron chi connectivity index (χ3n) is 4.47. The van der Waals surface area contributed by atoms with Gasteiger partial charge < -0.3 is 5.32 Å². The topological polar surface area (TPSA) is 42.0 Å². The van der Waals surface area contributed by atoms with E-state index in [1.165, 1.54) is 0 Å². The second kappa shape index (κ2) is 8.62. The first-order valence-corrected chi connectivity index (χ1v) is 8.81. The standard InChI is InChI=1S/C21H28N2O/c1-4-6-10-18(9-5-2)20(24)23-21(3)14-12-17(13-15-21)19-11-7-8-16-22-19/h4,7-8,11-14,16,18H,1,5-6,9-10,15H2,2-3H3,(H,23,24). The van der Waals surface area contributed by atoms with Gasteiger partial charge in [0.25, 0.3) is 0 Å². The summed E-state index contributed by atoms with van der Waals surface area (Å²) in [7, 11) is 0. The van der Waals surface area contributed by atoms with E-state index in [1.54, 1.807) is 6.20 Å². The number of nitrogens with zero attached hydrogens (tertiary/aromatic N) is 1. The van der Waals surface area contributed by atoms with E-state index in [9.17, 15) is 4.79 Å². The minimum absolute atomic E-state index is 0.0689. The molecule has 1 amide bonds. The molecule has 24 heavy (non-hydrogen) atoms. The van der Waals surface area contributed by atoms with Crippen molar-refractivity contribution in [1.82, 2.24) is 10.3 Å². The summed E-state index contributed by atoms with van der Waals surface area (Å²) in [5.41, 5.74) is 1.76. The van der Waals surface area contributed by atoms with E-state index in [0.29, 0.717) is 0 Å². The highest BCUT2D eigenvalue weighted by Crippen LogP contribution is 2.26. The van der Waals surface area contributed by atoms with Crippen molar-refractivity contribution in [3.05, 3.63) is 61.0 Å². The molecule has 2 unspecified atom stereocenters. The van der Waals surface area contributed by atoms with E-state index in [2.05, 4.69) is 49.0 Å². The van der Waals surface area contributed by atoms with Crippen LogP contribution in [0.1, 0.15) is 51.6 Å². The fourth-order valence-electron chi connectivity index (χ4n) is 3.01. The average Bonchev–Trinajstić information content (AvgIpc) is 2.59. The lowest BCUT2D eigenvalue weighted by Crippen LogP contribution is -2.47. The van der Waals surface area contributed by atoms with Gasteiger partial charge in [0.2, 0.25) is 5.91 Å². The summed E-state index contributed by atoms with van der Waals surface area (Å²) in [4.78, 5) is 17.0. The van der Waals surface area contributed by atoms with Crippen molar-refractivity contribution in [2.75, 3.05) is 0 Å². The lowest BCUT2D eigenvalue weighted by molar-refractivity contribution is -0.126. The van der Waals surface area contributed by atoms with E-state index in [1.807, 2.05) is 24.3 Å². The lowest BCUT2D eigenvalue weighted by Gasteiger charge is -2.31. The molecule has 1 N–H and O–H groups in total. The zero-order chi connectivity index (χ0) is 17.4. The minimum atomic E-state index is -0.324. The molecule has 1 heterocycles. The van der Waals surface area contributed by atoms with Gasteiger partial charge in [-0.3, -0.25) is 9.78 Å². The van der Waals surface area contributed by atoms with Crippen LogP contribution >= 0.6 is 0 Å². The predicted octanol–water partition coefficient (Wildman–Crippen LogP) is 4.68. The molecule has 0 bridgehead atoms. The highest BCUT2D eigenvalue weighted by Gasteiger charge is 2.28. The summed E-state index contributed by atoms with van der Waals surface area (Å²) in [6.45, 7) is 7.96. The quantitative estimate of drug-likeness (QED) is 0.705. The van der Waals surface area contributed by atoms with Gasteiger partial charge in [-0.05, 0) is 50.3 Å². The van der Waals surface area contributed by atoms with E-state index >= 15 is 0 Å². The molecule has 1 aromatic rings. The molecule has 1 aromatic heterocycles. The molecule has 3 nitrogen and oxygen atoms in total. The lowest BCUT2D eigenvalue weighted by atomic mass is 9.88. The van der Waals surface area contributed by atoms with Gasteiger partial charge in [0.05, 0.1) is 11.2 Å². The second-order valence-electron chi connectivity index (χ2n) is 6.67. The van der Waals surface area contributed by atoms with Gasteiger partial charge in [-0.25, -0.2) is 0 Å². The van der Waals surface area contributed by atoms with Crippen molar-refractivity contribution in [2.45, 2.75) is 51.5 Å². The van der Waals surface area contributed by atoms with Gasteiger partial charge in [-0.2, -0.15) is 0 Å². The normalized spacial score (nSPS) is 21.0. The molecular formula is C21H28N2O. The van der Waals surface area contributed by atoms with Crippen LogP contribution in [0.2, 0.25) is 0 Å². The SMILES string of the molecule is C=CCCC(CCC)C(=O)NC1(C)C=CC(c2ccccn2)=CC1. The number of rotatable bonds is 8. The molecule has 2 rings (SSSR count). The summed E-state index contributed by atoms with van der Waals surface area (Å²) in [5, 5.41) is 3.24. The zero-order valence-electron chi connectivity index (χ0n) is 14.8. The molecule has 1 aliphatic carbocycles. The van der Waals surface area contributed by atoms with Gasteiger partial charge in [0, 0.05) is 12.1 Å². The Morgan fingerprint density at radius 1 is 1.46 bits per heavy atom. The molecule has 0 spiro atoms. The smallest absolute Gasteiger partial charge is 0.223 e. The Morgan fingerprint density at radius 3 is 2.88 bits per heavy atom. The van der Waals surface area contributed by atoms with Gasteiger partial charge >= 0.3 is 0 Å². The first-order valence-electron chi connectivity index (χ1n) is 8.81. The number of carbonyl (C=O) groups excluding carboxylic acids is 1. The van der Waals surface area contributed by atoms with Crippen molar-refractivity contribution >= 4 is 11.5 Å². The summed E-state index contributed by atoms with van der Waals surface area (Å²) >= 11 is 0. The number of aromatic nitrogens is 1. The monoisotopic (exact) mass is 324 g/mol. The third-order valence-corrected chi connectivity index (χ3v) is 4.47.